The number of nitrogens with one attached hydrogen (secondary N) is 1. The van der Waals surface area contributed by atoms with Crippen LogP contribution in [-0.2, 0) is 0 Å². The summed E-state index contributed by atoms with van der Waals surface area (Å²) in [5, 5.41) is 3.51. The molecule has 0 aromatic heterocycles. The van der Waals surface area contributed by atoms with Gasteiger partial charge in [-0.15, -0.1) is 6.58 Å². The Kier molecular flexibility index (Phi) is 6.32. The highest BCUT2D eigenvalue weighted by atomic mass is 32.2. The number of likely N-dealkylation sites (N-methyl/N-ethyl adjacent to an activating group) is 1. The van der Waals surface area contributed by atoms with Gasteiger partial charge in [-0.1, -0.05) is 13.0 Å². The normalized spacial score (nSPS) is 22.8. The molecule has 0 aromatic rings. The van der Waals surface area contributed by atoms with Crippen molar-refractivity contribution in [2.75, 3.05) is 37.7 Å². The summed E-state index contributed by atoms with van der Waals surface area (Å²) in [6.07, 6.45) is 3.30. The molecule has 82 valence electrons. The summed E-state index contributed by atoms with van der Waals surface area (Å²) in [6.45, 7) is 10.8. The van der Waals surface area contributed by atoms with Crippen LogP contribution in [0.1, 0.15) is 13.3 Å². The molecule has 1 saturated heterocycles. The quantitative estimate of drug-likeness (QED) is 0.512. The van der Waals surface area contributed by atoms with Crippen LogP contribution < -0.4 is 5.32 Å². The second-order valence-electron chi connectivity index (χ2n) is 3.71. The molecule has 0 saturated carbocycles. The van der Waals surface area contributed by atoms with E-state index in [9.17, 15) is 0 Å². The SMILES string of the molecule is C=CCSCCN1CCC(NCC)C1. The van der Waals surface area contributed by atoms with Crippen LogP contribution in [0.15, 0.2) is 12.7 Å². The van der Waals surface area contributed by atoms with E-state index >= 15 is 0 Å². The van der Waals surface area contributed by atoms with Gasteiger partial charge in [-0.05, 0) is 19.5 Å². The van der Waals surface area contributed by atoms with Crippen LogP contribution in [-0.4, -0.2) is 48.6 Å². The molecule has 1 fully saturated rings. The van der Waals surface area contributed by atoms with Crippen molar-refractivity contribution in [1.29, 1.82) is 0 Å². The minimum absolute atomic E-state index is 0.740. The van der Waals surface area contributed by atoms with Crippen LogP contribution in [0.3, 0.4) is 0 Å². The van der Waals surface area contributed by atoms with Crippen molar-refractivity contribution in [3.63, 3.8) is 0 Å². The highest BCUT2D eigenvalue weighted by molar-refractivity contribution is 7.99. The number of hydrogen-bond donors (Lipinski definition) is 1. The van der Waals surface area contributed by atoms with E-state index in [2.05, 4.69) is 23.7 Å². The van der Waals surface area contributed by atoms with Crippen molar-refractivity contribution in [2.45, 2.75) is 19.4 Å². The molecular formula is C11H22N2S. The maximum absolute atomic E-state index is 3.72. The van der Waals surface area contributed by atoms with Gasteiger partial charge in [-0.2, -0.15) is 11.8 Å². The molecule has 0 aromatic carbocycles. The van der Waals surface area contributed by atoms with Crippen molar-refractivity contribution in [3.8, 4) is 0 Å². The Morgan fingerprint density at radius 2 is 2.50 bits per heavy atom. The van der Waals surface area contributed by atoms with Crippen LogP contribution >= 0.6 is 11.8 Å². The monoisotopic (exact) mass is 214 g/mol. The second-order valence-corrected chi connectivity index (χ2v) is 4.86. The molecule has 1 rings (SSSR count). The van der Waals surface area contributed by atoms with E-state index < -0.39 is 0 Å². The van der Waals surface area contributed by atoms with Crippen molar-refractivity contribution < 1.29 is 0 Å². The van der Waals surface area contributed by atoms with Crippen molar-refractivity contribution >= 4 is 11.8 Å². The van der Waals surface area contributed by atoms with E-state index in [-0.39, 0.29) is 0 Å². The third-order valence-electron chi connectivity index (χ3n) is 2.55. The molecule has 0 aliphatic carbocycles. The average Bonchev–Trinajstić information content (AvgIpc) is 2.61. The fourth-order valence-electron chi connectivity index (χ4n) is 1.85. The number of rotatable bonds is 7. The molecule has 0 amide bonds. The lowest BCUT2D eigenvalue weighted by Crippen LogP contribution is -2.33. The Morgan fingerprint density at radius 1 is 1.64 bits per heavy atom. The highest BCUT2D eigenvalue weighted by Gasteiger charge is 2.20. The van der Waals surface area contributed by atoms with Crippen LogP contribution in [0, 0.1) is 0 Å². The molecule has 1 heterocycles. The van der Waals surface area contributed by atoms with Crippen molar-refractivity contribution in [1.82, 2.24) is 10.2 Å². The first kappa shape index (κ1) is 12.1. The maximum atomic E-state index is 3.72. The minimum atomic E-state index is 0.740. The third kappa shape index (κ3) is 4.49. The van der Waals surface area contributed by atoms with E-state index in [4.69, 9.17) is 0 Å². The highest BCUT2D eigenvalue weighted by Crippen LogP contribution is 2.10. The van der Waals surface area contributed by atoms with E-state index in [1.54, 1.807) is 0 Å². The van der Waals surface area contributed by atoms with Crippen LogP contribution in [0.4, 0.5) is 0 Å². The molecule has 1 N–H and O–H groups in total. The van der Waals surface area contributed by atoms with Crippen molar-refractivity contribution in [3.05, 3.63) is 12.7 Å². The van der Waals surface area contributed by atoms with E-state index in [1.165, 1.54) is 31.8 Å². The molecule has 1 aliphatic rings. The van der Waals surface area contributed by atoms with Gasteiger partial charge < -0.3 is 10.2 Å². The maximum Gasteiger partial charge on any atom is 0.0207 e. The lowest BCUT2D eigenvalue weighted by molar-refractivity contribution is 0.349. The lowest BCUT2D eigenvalue weighted by Gasteiger charge is -2.15. The van der Waals surface area contributed by atoms with Gasteiger partial charge in [0, 0.05) is 30.6 Å². The average molecular weight is 214 g/mol. The predicted octanol–water partition coefficient (Wildman–Crippen LogP) is 1.59. The number of nitrogens with zero attached hydrogens (tertiary/aromatic N) is 1. The van der Waals surface area contributed by atoms with Gasteiger partial charge in [0.2, 0.25) is 0 Å². The first-order chi connectivity index (χ1) is 6.86. The molecule has 3 heteroatoms. The summed E-state index contributed by atoms with van der Waals surface area (Å²) >= 11 is 1.97. The first-order valence-corrected chi connectivity index (χ1v) is 6.66. The standard InChI is InChI=1S/C11H22N2S/c1-3-8-14-9-7-13-6-5-11(10-13)12-4-2/h3,11-12H,1,4-10H2,2H3. The second kappa shape index (κ2) is 7.32. The van der Waals surface area contributed by atoms with Crippen LogP contribution in [0.5, 0.6) is 0 Å². The zero-order valence-electron chi connectivity index (χ0n) is 9.17. The van der Waals surface area contributed by atoms with Gasteiger partial charge in [-0.3, -0.25) is 0 Å². The molecule has 1 aliphatic heterocycles. The fourth-order valence-corrected chi connectivity index (χ4v) is 2.57. The minimum Gasteiger partial charge on any atom is -0.313 e. The van der Waals surface area contributed by atoms with Gasteiger partial charge in [0.1, 0.15) is 0 Å². The van der Waals surface area contributed by atoms with E-state index in [0.717, 1.165) is 18.3 Å². The molecule has 1 unspecified atom stereocenters. The van der Waals surface area contributed by atoms with Gasteiger partial charge in [0.05, 0.1) is 0 Å². The Balaban J connectivity index is 2.01. The van der Waals surface area contributed by atoms with Gasteiger partial charge in [0.25, 0.3) is 0 Å². The Bertz CT molecular complexity index is 161. The Hall–Kier alpha value is 0.01000. The van der Waals surface area contributed by atoms with Crippen molar-refractivity contribution in [2.24, 2.45) is 0 Å². The predicted molar refractivity (Wildman–Crippen MR) is 66.0 cm³/mol. The van der Waals surface area contributed by atoms with Gasteiger partial charge in [0.15, 0.2) is 0 Å². The first-order valence-electron chi connectivity index (χ1n) is 5.51. The number of likely N-dealkylation sites (tertiary alicyclic amines) is 1. The molecular weight excluding hydrogens is 192 g/mol. The zero-order chi connectivity index (χ0) is 10.2. The van der Waals surface area contributed by atoms with Crippen LogP contribution in [0.25, 0.3) is 0 Å². The fraction of sp³-hybridized carbons (Fsp3) is 0.818. The molecule has 2 nitrogen and oxygen atoms in total. The smallest absolute Gasteiger partial charge is 0.0207 e. The Labute approximate surface area is 92.1 Å². The third-order valence-corrected chi connectivity index (χ3v) is 3.50. The van der Waals surface area contributed by atoms with E-state index in [1.807, 2.05) is 17.8 Å². The summed E-state index contributed by atoms with van der Waals surface area (Å²) in [5.74, 6) is 2.33. The molecule has 1 atom stereocenters. The van der Waals surface area contributed by atoms with Crippen LogP contribution in [0.2, 0.25) is 0 Å². The topological polar surface area (TPSA) is 15.3 Å². The largest absolute Gasteiger partial charge is 0.313 e. The summed E-state index contributed by atoms with van der Waals surface area (Å²) in [5.41, 5.74) is 0. The lowest BCUT2D eigenvalue weighted by atomic mass is 10.3. The molecule has 0 radical (unpaired) electrons. The molecule has 14 heavy (non-hydrogen) atoms. The summed E-state index contributed by atoms with van der Waals surface area (Å²) in [7, 11) is 0. The van der Waals surface area contributed by atoms with E-state index in [0.29, 0.717) is 0 Å². The summed E-state index contributed by atoms with van der Waals surface area (Å²) in [6, 6.07) is 0.740. The van der Waals surface area contributed by atoms with Gasteiger partial charge >= 0.3 is 0 Å². The number of hydrogen-bond acceptors (Lipinski definition) is 3. The number of thioether (sulfide) groups is 1. The van der Waals surface area contributed by atoms with Gasteiger partial charge in [-0.25, -0.2) is 0 Å². The zero-order valence-corrected chi connectivity index (χ0v) is 9.98. The molecule has 0 spiro atoms. The Morgan fingerprint density at radius 3 is 3.21 bits per heavy atom. The molecule has 0 bridgehead atoms. The summed E-state index contributed by atoms with van der Waals surface area (Å²) in [4.78, 5) is 2.56. The summed E-state index contributed by atoms with van der Waals surface area (Å²) < 4.78 is 0.